The Morgan fingerprint density at radius 3 is 2.86 bits per heavy atom. The molecule has 0 aliphatic rings. The predicted molar refractivity (Wildman–Crippen MR) is 62.6 cm³/mol. The number of anilines is 2. The lowest BCUT2D eigenvalue weighted by Crippen LogP contribution is -2.14. The van der Waals surface area contributed by atoms with Crippen LogP contribution in [0.1, 0.15) is 12.7 Å². The molecule has 14 heavy (non-hydrogen) atoms. The van der Waals surface area contributed by atoms with Crippen molar-refractivity contribution < 1.29 is 0 Å². The van der Waals surface area contributed by atoms with Crippen LogP contribution in [0.5, 0.6) is 0 Å². The lowest BCUT2D eigenvalue weighted by molar-refractivity contribution is 0.973. The van der Waals surface area contributed by atoms with Crippen LogP contribution in [-0.4, -0.2) is 28.0 Å². The number of nitrogens with two attached hydrogens (primary N) is 1. The smallest absolute Gasteiger partial charge is 0.131 e. The Kier molecular flexibility index (Phi) is 4.00. The normalized spacial score (nSPS) is 12.5. The van der Waals surface area contributed by atoms with Crippen molar-refractivity contribution >= 4 is 23.4 Å². The maximum absolute atomic E-state index is 5.60. The van der Waals surface area contributed by atoms with E-state index in [9.17, 15) is 0 Å². The molecule has 5 heteroatoms. The number of nitrogens with zero attached hydrogens (tertiary/aromatic N) is 2. The van der Waals surface area contributed by atoms with E-state index in [1.807, 2.05) is 18.7 Å². The third-order valence-electron chi connectivity index (χ3n) is 1.83. The standard InChI is InChI=1S/C9H16N4S/c1-6(14-3)5-11-9-4-8(10)12-7(2)13-9/h4,6H,5H2,1-3H3,(H3,10,11,12,13). The van der Waals surface area contributed by atoms with Gasteiger partial charge < -0.3 is 11.1 Å². The molecule has 0 fully saturated rings. The maximum Gasteiger partial charge on any atom is 0.131 e. The van der Waals surface area contributed by atoms with Crippen LogP contribution in [0.15, 0.2) is 6.07 Å². The Morgan fingerprint density at radius 2 is 2.29 bits per heavy atom. The first kappa shape index (κ1) is 11.1. The summed E-state index contributed by atoms with van der Waals surface area (Å²) in [5, 5.41) is 3.79. The van der Waals surface area contributed by atoms with Gasteiger partial charge in [-0.25, -0.2) is 9.97 Å². The van der Waals surface area contributed by atoms with Crippen LogP contribution >= 0.6 is 11.8 Å². The maximum atomic E-state index is 5.60. The van der Waals surface area contributed by atoms with Crippen molar-refractivity contribution in [1.82, 2.24) is 9.97 Å². The van der Waals surface area contributed by atoms with Crippen molar-refractivity contribution in [3.63, 3.8) is 0 Å². The average molecular weight is 212 g/mol. The predicted octanol–water partition coefficient (Wildman–Crippen LogP) is 1.53. The van der Waals surface area contributed by atoms with Gasteiger partial charge in [-0.3, -0.25) is 0 Å². The molecule has 1 heterocycles. The summed E-state index contributed by atoms with van der Waals surface area (Å²) in [5.41, 5.74) is 5.60. The van der Waals surface area contributed by atoms with Crippen molar-refractivity contribution in [3.05, 3.63) is 11.9 Å². The van der Waals surface area contributed by atoms with Gasteiger partial charge in [-0.1, -0.05) is 6.92 Å². The third-order valence-corrected chi connectivity index (χ3v) is 2.80. The number of aromatic nitrogens is 2. The van der Waals surface area contributed by atoms with E-state index in [4.69, 9.17) is 5.73 Å². The van der Waals surface area contributed by atoms with Gasteiger partial charge in [-0.15, -0.1) is 0 Å². The molecule has 1 rings (SSSR count). The van der Waals surface area contributed by atoms with E-state index in [1.54, 1.807) is 6.07 Å². The Balaban J connectivity index is 2.58. The molecule has 0 amide bonds. The summed E-state index contributed by atoms with van der Waals surface area (Å²) < 4.78 is 0. The molecule has 0 aliphatic carbocycles. The molecule has 1 aromatic heterocycles. The third kappa shape index (κ3) is 3.41. The summed E-state index contributed by atoms with van der Waals surface area (Å²) in [6.45, 7) is 4.88. The van der Waals surface area contributed by atoms with Crippen molar-refractivity contribution in [2.24, 2.45) is 0 Å². The van der Waals surface area contributed by atoms with Crippen LogP contribution in [0, 0.1) is 6.92 Å². The number of hydrogen-bond acceptors (Lipinski definition) is 5. The lowest BCUT2D eigenvalue weighted by Gasteiger charge is -2.10. The lowest BCUT2D eigenvalue weighted by atomic mass is 10.4. The van der Waals surface area contributed by atoms with E-state index in [-0.39, 0.29) is 0 Å². The van der Waals surface area contributed by atoms with E-state index >= 15 is 0 Å². The fourth-order valence-electron chi connectivity index (χ4n) is 1.01. The topological polar surface area (TPSA) is 63.8 Å². The molecular formula is C9H16N4S. The Labute approximate surface area is 88.7 Å². The second kappa shape index (κ2) is 5.05. The van der Waals surface area contributed by atoms with Gasteiger partial charge in [-0.2, -0.15) is 11.8 Å². The van der Waals surface area contributed by atoms with E-state index in [0.717, 1.165) is 12.4 Å². The number of nitrogen functional groups attached to an aromatic ring is 1. The van der Waals surface area contributed by atoms with Crippen molar-refractivity contribution in [3.8, 4) is 0 Å². The van der Waals surface area contributed by atoms with E-state index in [0.29, 0.717) is 16.9 Å². The molecule has 0 aliphatic heterocycles. The molecular weight excluding hydrogens is 196 g/mol. The number of rotatable bonds is 4. The molecule has 0 saturated carbocycles. The van der Waals surface area contributed by atoms with Gasteiger partial charge in [0.2, 0.25) is 0 Å². The molecule has 78 valence electrons. The largest absolute Gasteiger partial charge is 0.384 e. The monoisotopic (exact) mass is 212 g/mol. The highest BCUT2D eigenvalue weighted by Crippen LogP contribution is 2.10. The van der Waals surface area contributed by atoms with Crippen LogP contribution in [0.3, 0.4) is 0 Å². The second-order valence-electron chi connectivity index (χ2n) is 3.15. The van der Waals surface area contributed by atoms with E-state index in [1.165, 1.54) is 0 Å². The summed E-state index contributed by atoms with van der Waals surface area (Å²) in [5.74, 6) is 2.01. The number of aryl methyl sites for hydroxylation is 1. The van der Waals surface area contributed by atoms with Crippen molar-refractivity contribution in [1.29, 1.82) is 0 Å². The van der Waals surface area contributed by atoms with Gasteiger partial charge in [0.1, 0.15) is 17.5 Å². The molecule has 0 saturated heterocycles. The Bertz CT molecular complexity index is 283. The highest BCUT2D eigenvalue weighted by Gasteiger charge is 2.01. The summed E-state index contributed by atoms with van der Waals surface area (Å²) >= 11 is 1.82. The van der Waals surface area contributed by atoms with E-state index < -0.39 is 0 Å². The summed E-state index contributed by atoms with van der Waals surface area (Å²) in [7, 11) is 0. The van der Waals surface area contributed by atoms with Crippen LogP contribution in [0.2, 0.25) is 0 Å². The molecule has 3 N–H and O–H groups in total. The van der Waals surface area contributed by atoms with E-state index in [2.05, 4.69) is 28.5 Å². The Hall–Kier alpha value is -0.970. The SMILES string of the molecule is CSC(C)CNc1cc(N)nc(C)n1. The fourth-order valence-corrected chi connectivity index (χ4v) is 1.26. The summed E-state index contributed by atoms with van der Waals surface area (Å²) in [4.78, 5) is 8.23. The van der Waals surface area contributed by atoms with Gasteiger partial charge in [-0.05, 0) is 13.2 Å². The van der Waals surface area contributed by atoms with Crippen molar-refractivity contribution in [2.75, 3.05) is 23.9 Å². The van der Waals surface area contributed by atoms with Crippen LogP contribution in [-0.2, 0) is 0 Å². The number of thioether (sulfide) groups is 1. The molecule has 4 nitrogen and oxygen atoms in total. The molecule has 0 radical (unpaired) electrons. The van der Waals surface area contributed by atoms with Crippen LogP contribution < -0.4 is 11.1 Å². The minimum absolute atomic E-state index is 0.511. The zero-order valence-electron chi connectivity index (χ0n) is 8.74. The zero-order chi connectivity index (χ0) is 10.6. The second-order valence-corrected chi connectivity index (χ2v) is 4.43. The quantitative estimate of drug-likeness (QED) is 0.792. The molecule has 1 aromatic rings. The fraction of sp³-hybridized carbons (Fsp3) is 0.556. The molecule has 0 bridgehead atoms. The first-order valence-electron chi connectivity index (χ1n) is 4.49. The van der Waals surface area contributed by atoms with Crippen molar-refractivity contribution in [2.45, 2.75) is 19.1 Å². The Morgan fingerprint density at radius 1 is 1.57 bits per heavy atom. The average Bonchev–Trinajstić information content (AvgIpc) is 2.12. The van der Waals surface area contributed by atoms with Gasteiger partial charge in [0.15, 0.2) is 0 Å². The minimum atomic E-state index is 0.511. The minimum Gasteiger partial charge on any atom is -0.384 e. The number of nitrogens with one attached hydrogen (secondary N) is 1. The first-order valence-corrected chi connectivity index (χ1v) is 5.78. The van der Waals surface area contributed by atoms with Crippen LogP contribution in [0.4, 0.5) is 11.6 Å². The van der Waals surface area contributed by atoms with Crippen LogP contribution in [0.25, 0.3) is 0 Å². The van der Waals surface area contributed by atoms with Gasteiger partial charge in [0, 0.05) is 17.9 Å². The molecule has 0 aromatic carbocycles. The molecule has 1 atom stereocenters. The van der Waals surface area contributed by atoms with Gasteiger partial charge >= 0.3 is 0 Å². The highest BCUT2D eigenvalue weighted by atomic mass is 32.2. The van der Waals surface area contributed by atoms with Gasteiger partial charge in [0.25, 0.3) is 0 Å². The molecule has 1 unspecified atom stereocenters. The highest BCUT2D eigenvalue weighted by molar-refractivity contribution is 7.99. The number of hydrogen-bond donors (Lipinski definition) is 2. The summed E-state index contributed by atoms with van der Waals surface area (Å²) in [6, 6.07) is 1.75. The summed E-state index contributed by atoms with van der Waals surface area (Å²) in [6.07, 6.45) is 2.09. The van der Waals surface area contributed by atoms with Gasteiger partial charge in [0.05, 0.1) is 0 Å². The first-order chi connectivity index (χ1) is 6.61. The zero-order valence-corrected chi connectivity index (χ0v) is 9.56. The molecule has 0 spiro atoms.